The monoisotopic (exact) mass is 451 g/mol. The zero-order valence-corrected chi connectivity index (χ0v) is 19.3. The van der Waals surface area contributed by atoms with Crippen molar-refractivity contribution in [1.29, 1.82) is 0 Å². The summed E-state index contributed by atoms with van der Waals surface area (Å²) < 4.78 is 17.2. The Balaban J connectivity index is 1.38. The molecule has 1 spiro atoms. The summed E-state index contributed by atoms with van der Waals surface area (Å²) in [5.74, 6) is 1.25. The molecule has 0 radical (unpaired) electrons. The van der Waals surface area contributed by atoms with Gasteiger partial charge in [0.2, 0.25) is 11.7 Å². The SMILES string of the molecule is COc1ccc2c(c1OC)OC1(CCN(C(=O)CCC(=O)c3ccc(C)cc3)CC1)CC2=O. The van der Waals surface area contributed by atoms with Crippen molar-refractivity contribution in [2.24, 2.45) is 0 Å². The smallest absolute Gasteiger partial charge is 0.223 e. The first-order valence-electron chi connectivity index (χ1n) is 11.2. The van der Waals surface area contributed by atoms with Crippen molar-refractivity contribution in [3.63, 3.8) is 0 Å². The van der Waals surface area contributed by atoms with Crippen LogP contribution in [0.4, 0.5) is 0 Å². The summed E-state index contributed by atoms with van der Waals surface area (Å²) in [5, 5.41) is 0. The molecule has 174 valence electrons. The lowest BCUT2D eigenvalue weighted by Gasteiger charge is -2.44. The second-order valence-corrected chi connectivity index (χ2v) is 8.73. The molecule has 2 heterocycles. The molecule has 2 aliphatic heterocycles. The van der Waals surface area contributed by atoms with Crippen molar-refractivity contribution in [1.82, 2.24) is 4.90 Å². The molecule has 2 aromatic rings. The molecular formula is C26H29NO6. The summed E-state index contributed by atoms with van der Waals surface area (Å²) in [4.78, 5) is 39.8. The minimum Gasteiger partial charge on any atom is -0.493 e. The van der Waals surface area contributed by atoms with Crippen LogP contribution >= 0.6 is 0 Å². The zero-order valence-electron chi connectivity index (χ0n) is 19.3. The van der Waals surface area contributed by atoms with Crippen LogP contribution in [0, 0.1) is 6.92 Å². The topological polar surface area (TPSA) is 82.1 Å². The number of piperidine rings is 1. The van der Waals surface area contributed by atoms with E-state index in [9.17, 15) is 14.4 Å². The van der Waals surface area contributed by atoms with E-state index >= 15 is 0 Å². The van der Waals surface area contributed by atoms with Gasteiger partial charge in [0.1, 0.15) is 5.60 Å². The van der Waals surface area contributed by atoms with Crippen LogP contribution in [0.15, 0.2) is 36.4 Å². The fraction of sp³-hybridized carbons (Fsp3) is 0.423. The first-order valence-corrected chi connectivity index (χ1v) is 11.2. The fourth-order valence-electron chi connectivity index (χ4n) is 4.56. The van der Waals surface area contributed by atoms with Crippen molar-refractivity contribution in [3.05, 3.63) is 53.1 Å². The largest absolute Gasteiger partial charge is 0.493 e. The number of Topliss-reactive ketones (excluding diaryl/α,β-unsaturated/α-hetero) is 2. The van der Waals surface area contributed by atoms with E-state index in [1.807, 2.05) is 19.1 Å². The molecule has 0 unspecified atom stereocenters. The van der Waals surface area contributed by atoms with Crippen molar-refractivity contribution in [2.75, 3.05) is 27.3 Å². The Hall–Kier alpha value is -3.35. The van der Waals surface area contributed by atoms with Gasteiger partial charge >= 0.3 is 0 Å². The quantitative estimate of drug-likeness (QED) is 0.618. The molecular weight excluding hydrogens is 422 g/mol. The lowest BCUT2D eigenvalue weighted by atomic mass is 9.82. The van der Waals surface area contributed by atoms with Gasteiger partial charge < -0.3 is 19.1 Å². The first kappa shape index (κ1) is 22.8. The summed E-state index contributed by atoms with van der Waals surface area (Å²) >= 11 is 0. The van der Waals surface area contributed by atoms with E-state index in [0.29, 0.717) is 54.3 Å². The van der Waals surface area contributed by atoms with Gasteiger partial charge in [0, 0.05) is 44.3 Å². The minimum atomic E-state index is -0.668. The number of amides is 1. The Bertz CT molecular complexity index is 1070. The van der Waals surface area contributed by atoms with Crippen LogP contribution in [-0.4, -0.2) is 55.3 Å². The third kappa shape index (κ3) is 4.58. The molecule has 0 N–H and O–H groups in total. The molecule has 1 saturated heterocycles. The number of benzene rings is 2. The number of ether oxygens (including phenoxy) is 3. The second kappa shape index (κ2) is 9.25. The van der Waals surface area contributed by atoms with E-state index in [1.54, 1.807) is 36.3 Å². The van der Waals surface area contributed by atoms with E-state index in [1.165, 1.54) is 7.11 Å². The number of carbonyl (C=O) groups is 3. The van der Waals surface area contributed by atoms with Crippen molar-refractivity contribution in [3.8, 4) is 17.2 Å². The van der Waals surface area contributed by atoms with Crippen LogP contribution in [-0.2, 0) is 4.79 Å². The lowest BCUT2D eigenvalue weighted by molar-refractivity contribution is -0.134. The first-order chi connectivity index (χ1) is 15.9. The number of hydrogen-bond donors (Lipinski definition) is 0. The van der Waals surface area contributed by atoms with Gasteiger partial charge in [-0.15, -0.1) is 0 Å². The Morgan fingerprint density at radius 2 is 1.70 bits per heavy atom. The third-order valence-corrected chi connectivity index (χ3v) is 6.57. The zero-order chi connectivity index (χ0) is 23.6. The third-order valence-electron chi connectivity index (χ3n) is 6.57. The second-order valence-electron chi connectivity index (χ2n) is 8.73. The van der Waals surface area contributed by atoms with E-state index in [4.69, 9.17) is 14.2 Å². The van der Waals surface area contributed by atoms with Crippen LogP contribution in [0.2, 0.25) is 0 Å². The predicted octanol–water partition coefficient (Wildman–Crippen LogP) is 4.00. The Morgan fingerprint density at radius 1 is 1.00 bits per heavy atom. The molecule has 0 aliphatic carbocycles. The lowest BCUT2D eigenvalue weighted by Crippen LogP contribution is -2.52. The van der Waals surface area contributed by atoms with Crippen molar-refractivity contribution >= 4 is 17.5 Å². The molecule has 0 bridgehead atoms. The average molecular weight is 452 g/mol. The van der Waals surface area contributed by atoms with Crippen LogP contribution in [0.1, 0.15) is 58.4 Å². The average Bonchev–Trinajstić information content (AvgIpc) is 2.82. The highest BCUT2D eigenvalue weighted by Gasteiger charge is 2.45. The van der Waals surface area contributed by atoms with Crippen molar-refractivity contribution in [2.45, 2.75) is 44.6 Å². The highest BCUT2D eigenvalue weighted by Crippen LogP contribution is 2.47. The van der Waals surface area contributed by atoms with E-state index < -0.39 is 5.60 Å². The number of fused-ring (bicyclic) bond motifs is 1. The number of nitrogens with zero attached hydrogens (tertiary/aromatic N) is 1. The van der Waals surface area contributed by atoms with E-state index in [-0.39, 0.29) is 36.7 Å². The summed E-state index contributed by atoms with van der Waals surface area (Å²) in [6, 6.07) is 10.8. The maximum Gasteiger partial charge on any atom is 0.223 e. The van der Waals surface area contributed by atoms with Gasteiger partial charge in [-0.2, -0.15) is 0 Å². The van der Waals surface area contributed by atoms with Gasteiger partial charge in [0.15, 0.2) is 23.1 Å². The van der Waals surface area contributed by atoms with Gasteiger partial charge in [0.25, 0.3) is 0 Å². The number of likely N-dealkylation sites (tertiary alicyclic amines) is 1. The molecule has 33 heavy (non-hydrogen) atoms. The summed E-state index contributed by atoms with van der Waals surface area (Å²) in [5.41, 5.74) is 1.54. The predicted molar refractivity (Wildman–Crippen MR) is 122 cm³/mol. The molecule has 1 amide bonds. The van der Waals surface area contributed by atoms with E-state index in [0.717, 1.165) is 5.56 Å². The van der Waals surface area contributed by atoms with Gasteiger partial charge in [-0.3, -0.25) is 14.4 Å². The summed E-state index contributed by atoms with van der Waals surface area (Å²) in [6.07, 6.45) is 1.70. The standard InChI is InChI=1S/C26H29NO6/c1-17-4-6-18(7-5-17)20(28)9-11-23(30)27-14-12-26(13-15-27)16-21(29)19-8-10-22(31-2)25(32-3)24(19)33-26/h4-8,10H,9,11-16H2,1-3H3. The Kier molecular flexibility index (Phi) is 6.40. The Morgan fingerprint density at radius 3 is 2.33 bits per heavy atom. The molecule has 7 heteroatoms. The molecule has 0 aromatic heterocycles. The molecule has 7 nitrogen and oxygen atoms in total. The van der Waals surface area contributed by atoms with Gasteiger partial charge in [-0.05, 0) is 19.1 Å². The molecule has 2 aliphatic rings. The molecule has 1 fully saturated rings. The van der Waals surface area contributed by atoms with Crippen LogP contribution in [0.3, 0.4) is 0 Å². The number of methoxy groups -OCH3 is 2. The number of ketones is 2. The van der Waals surface area contributed by atoms with Crippen LogP contribution in [0.5, 0.6) is 17.2 Å². The highest BCUT2D eigenvalue weighted by molar-refractivity contribution is 6.01. The van der Waals surface area contributed by atoms with Gasteiger partial charge in [0.05, 0.1) is 26.2 Å². The maximum absolute atomic E-state index is 12.9. The highest BCUT2D eigenvalue weighted by atomic mass is 16.5. The molecule has 4 rings (SSSR count). The number of aryl methyl sites for hydroxylation is 1. The normalized spacial score (nSPS) is 16.7. The fourth-order valence-corrected chi connectivity index (χ4v) is 4.56. The number of rotatable bonds is 6. The van der Waals surface area contributed by atoms with Crippen LogP contribution in [0.25, 0.3) is 0 Å². The molecule has 0 saturated carbocycles. The Labute approximate surface area is 193 Å². The van der Waals surface area contributed by atoms with Gasteiger partial charge in [-0.25, -0.2) is 0 Å². The van der Waals surface area contributed by atoms with Crippen molar-refractivity contribution < 1.29 is 28.6 Å². The maximum atomic E-state index is 12.9. The summed E-state index contributed by atoms with van der Waals surface area (Å²) in [6.45, 7) is 2.93. The van der Waals surface area contributed by atoms with Crippen LogP contribution < -0.4 is 14.2 Å². The summed E-state index contributed by atoms with van der Waals surface area (Å²) in [7, 11) is 3.06. The van der Waals surface area contributed by atoms with Gasteiger partial charge in [-0.1, -0.05) is 29.8 Å². The number of hydrogen-bond acceptors (Lipinski definition) is 6. The molecule has 2 aromatic carbocycles. The number of carbonyl (C=O) groups excluding carboxylic acids is 3. The molecule has 0 atom stereocenters. The van der Waals surface area contributed by atoms with E-state index in [2.05, 4.69) is 0 Å². The minimum absolute atomic E-state index is 0.000624.